The molecule has 4 nitrogen and oxygen atoms in total. The van der Waals surface area contributed by atoms with Crippen molar-refractivity contribution in [3.63, 3.8) is 0 Å². The number of benzene rings is 2. The molecule has 0 N–H and O–H groups in total. The minimum atomic E-state index is -3.52. The first-order valence-corrected chi connectivity index (χ1v) is 11.0. The number of piperidine rings is 1. The summed E-state index contributed by atoms with van der Waals surface area (Å²) >= 11 is 0. The lowest BCUT2D eigenvalue weighted by Gasteiger charge is -2.34. The van der Waals surface area contributed by atoms with Crippen molar-refractivity contribution in [2.45, 2.75) is 44.9 Å². The Labute approximate surface area is 157 Å². The molecule has 0 saturated carbocycles. The van der Waals surface area contributed by atoms with Gasteiger partial charge in [0.1, 0.15) is 5.75 Å². The van der Waals surface area contributed by atoms with Crippen LogP contribution in [0.2, 0.25) is 0 Å². The lowest BCUT2D eigenvalue weighted by molar-refractivity contribution is 0.222. The molecule has 0 radical (unpaired) electrons. The van der Waals surface area contributed by atoms with Crippen LogP contribution in [0.1, 0.15) is 40.0 Å². The Morgan fingerprint density at radius 2 is 1.69 bits per heavy atom. The van der Waals surface area contributed by atoms with Crippen LogP contribution in [0.15, 0.2) is 41.3 Å². The van der Waals surface area contributed by atoms with E-state index in [1.807, 2.05) is 30.3 Å². The highest BCUT2D eigenvalue weighted by Crippen LogP contribution is 2.34. The largest absolute Gasteiger partial charge is 0.493 e. The van der Waals surface area contributed by atoms with Crippen molar-refractivity contribution in [2.75, 3.05) is 19.7 Å². The van der Waals surface area contributed by atoms with Gasteiger partial charge in [-0.15, -0.1) is 0 Å². The summed E-state index contributed by atoms with van der Waals surface area (Å²) in [5, 5.41) is 1.61. The van der Waals surface area contributed by atoms with Gasteiger partial charge in [-0.1, -0.05) is 51.5 Å². The van der Waals surface area contributed by atoms with Crippen LogP contribution in [0.5, 0.6) is 5.75 Å². The van der Waals surface area contributed by atoms with Gasteiger partial charge in [0.05, 0.1) is 11.5 Å². The van der Waals surface area contributed by atoms with Crippen molar-refractivity contribution in [3.05, 3.63) is 36.4 Å². The second kappa shape index (κ2) is 7.97. The minimum absolute atomic E-state index is 0.386. The minimum Gasteiger partial charge on any atom is -0.493 e. The van der Waals surface area contributed by atoms with Crippen molar-refractivity contribution in [1.29, 1.82) is 0 Å². The highest BCUT2D eigenvalue weighted by Gasteiger charge is 2.32. The van der Waals surface area contributed by atoms with E-state index < -0.39 is 10.0 Å². The number of unbranched alkanes of at least 4 members (excludes halogenated alkanes) is 1. The van der Waals surface area contributed by atoms with E-state index in [-0.39, 0.29) is 0 Å². The number of nitrogens with zero attached hydrogens (tertiary/aromatic N) is 1. The van der Waals surface area contributed by atoms with Gasteiger partial charge in [0.2, 0.25) is 10.0 Å². The molecule has 142 valence electrons. The fraction of sp³-hybridized carbons (Fsp3) is 0.524. The third-order valence-corrected chi connectivity index (χ3v) is 6.94. The van der Waals surface area contributed by atoms with Crippen LogP contribution < -0.4 is 4.74 Å². The fourth-order valence-electron chi connectivity index (χ4n) is 3.86. The van der Waals surface area contributed by atoms with Crippen LogP contribution in [-0.2, 0) is 10.0 Å². The molecule has 2 atom stereocenters. The van der Waals surface area contributed by atoms with Crippen LogP contribution in [-0.4, -0.2) is 32.4 Å². The number of hydrogen-bond acceptors (Lipinski definition) is 3. The number of hydrogen-bond donors (Lipinski definition) is 0. The first-order valence-electron chi connectivity index (χ1n) is 9.58. The monoisotopic (exact) mass is 375 g/mol. The Morgan fingerprint density at radius 1 is 1.04 bits per heavy atom. The van der Waals surface area contributed by atoms with Gasteiger partial charge in [0.15, 0.2) is 0 Å². The summed E-state index contributed by atoms with van der Waals surface area (Å²) in [6.45, 7) is 8.21. The Morgan fingerprint density at radius 3 is 2.35 bits per heavy atom. The van der Waals surface area contributed by atoms with E-state index in [9.17, 15) is 8.42 Å². The molecule has 1 heterocycles. The maximum Gasteiger partial charge on any atom is 0.243 e. The molecule has 0 spiro atoms. The van der Waals surface area contributed by atoms with Crippen LogP contribution in [0.4, 0.5) is 0 Å². The van der Waals surface area contributed by atoms with Gasteiger partial charge in [-0.25, -0.2) is 8.42 Å². The van der Waals surface area contributed by atoms with Crippen LogP contribution in [0.3, 0.4) is 0 Å². The highest BCUT2D eigenvalue weighted by molar-refractivity contribution is 7.89. The smallest absolute Gasteiger partial charge is 0.243 e. The average molecular weight is 376 g/mol. The molecular weight excluding hydrogens is 346 g/mol. The second-order valence-corrected chi connectivity index (χ2v) is 9.48. The zero-order valence-electron chi connectivity index (χ0n) is 15.9. The van der Waals surface area contributed by atoms with Crippen molar-refractivity contribution < 1.29 is 13.2 Å². The van der Waals surface area contributed by atoms with Gasteiger partial charge in [0, 0.05) is 23.9 Å². The Balaban J connectivity index is 2.01. The average Bonchev–Trinajstić information content (AvgIpc) is 2.61. The first-order chi connectivity index (χ1) is 12.4. The molecule has 1 fully saturated rings. The predicted octanol–water partition coefficient (Wildman–Crippen LogP) is 4.69. The molecule has 2 aromatic rings. The zero-order chi connectivity index (χ0) is 18.7. The Hall–Kier alpha value is -1.59. The van der Waals surface area contributed by atoms with Gasteiger partial charge in [-0.2, -0.15) is 4.31 Å². The molecule has 26 heavy (non-hydrogen) atoms. The van der Waals surface area contributed by atoms with E-state index in [0.717, 1.165) is 35.8 Å². The summed E-state index contributed by atoms with van der Waals surface area (Å²) in [4.78, 5) is 0.386. The quantitative estimate of drug-likeness (QED) is 0.689. The summed E-state index contributed by atoms with van der Waals surface area (Å²) < 4.78 is 34.3. The molecule has 0 bridgehead atoms. The summed E-state index contributed by atoms with van der Waals surface area (Å²) in [6, 6.07) is 11.2. The number of rotatable bonds is 6. The summed E-state index contributed by atoms with van der Waals surface area (Å²) in [6.07, 6.45) is 3.13. The van der Waals surface area contributed by atoms with E-state index in [1.54, 1.807) is 10.4 Å². The van der Waals surface area contributed by atoms with E-state index in [0.29, 0.717) is 36.4 Å². The predicted molar refractivity (Wildman–Crippen MR) is 106 cm³/mol. The number of ether oxygens (including phenoxy) is 1. The summed E-state index contributed by atoms with van der Waals surface area (Å²) in [7, 11) is -3.52. The first kappa shape index (κ1) is 19.2. The molecule has 0 aromatic heterocycles. The van der Waals surface area contributed by atoms with Gasteiger partial charge in [-0.3, -0.25) is 0 Å². The maximum atomic E-state index is 13.3. The SMILES string of the molecule is CCCCOc1ccc(S(=O)(=O)N2C[C@H](C)C[C@@H](C)C2)c2ccccc12. The standard InChI is InChI=1S/C21H29NO3S/c1-4-5-12-25-20-10-11-21(19-9-7-6-8-18(19)20)26(23,24)22-14-16(2)13-17(3)15-22/h6-11,16-17H,4-5,12-15H2,1-3H3/t16-,17-/m1/s1. The molecule has 1 aliphatic heterocycles. The van der Waals surface area contributed by atoms with Crippen LogP contribution in [0, 0.1) is 11.8 Å². The number of sulfonamides is 1. The fourth-order valence-corrected chi connectivity index (χ4v) is 5.74. The third-order valence-electron chi connectivity index (χ3n) is 5.05. The van der Waals surface area contributed by atoms with Crippen molar-refractivity contribution >= 4 is 20.8 Å². The van der Waals surface area contributed by atoms with Crippen molar-refractivity contribution in [2.24, 2.45) is 11.8 Å². The van der Waals surface area contributed by atoms with E-state index in [4.69, 9.17) is 4.74 Å². The van der Waals surface area contributed by atoms with Crippen LogP contribution in [0.25, 0.3) is 10.8 Å². The van der Waals surface area contributed by atoms with Gasteiger partial charge in [0.25, 0.3) is 0 Å². The maximum absolute atomic E-state index is 13.3. The molecule has 5 heteroatoms. The molecule has 0 unspecified atom stereocenters. The third kappa shape index (κ3) is 3.89. The lowest BCUT2D eigenvalue weighted by atomic mass is 9.94. The number of fused-ring (bicyclic) bond motifs is 1. The lowest BCUT2D eigenvalue weighted by Crippen LogP contribution is -2.42. The van der Waals surface area contributed by atoms with Gasteiger partial charge >= 0.3 is 0 Å². The van der Waals surface area contributed by atoms with Gasteiger partial charge in [-0.05, 0) is 36.8 Å². The molecule has 1 saturated heterocycles. The van der Waals surface area contributed by atoms with Crippen LogP contribution >= 0.6 is 0 Å². The molecular formula is C21H29NO3S. The second-order valence-electron chi connectivity index (χ2n) is 7.58. The van der Waals surface area contributed by atoms with Crippen molar-refractivity contribution in [3.8, 4) is 5.75 Å². The van der Waals surface area contributed by atoms with E-state index in [1.165, 1.54) is 0 Å². The molecule has 0 amide bonds. The molecule has 1 aliphatic rings. The van der Waals surface area contributed by atoms with E-state index >= 15 is 0 Å². The summed E-state index contributed by atoms with van der Waals surface area (Å²) in [5.41, 5.74) is 0. The Kier molecular flexibility index (Phi) is 5.88. The van der Waals surface area contributed by atoms with Crippen molar-refractivity contribution in [1.82, 2.24) is 4.31 Å². The topological polar surface area (TPSA) is 46.6 Å². The molecule has 3 rings (SSSR count). The zero-order valence-corrected chi connectivity index (χ0v) is 16.8. The van der Waals surface area contributed by atoms with Gasteiger partial charge < -0.3 is 4.74 Å². The normalized spacial score (nSPS) is 21.8. The molecule has 2 aromatic carbocycles. The Bertz CT molecular complexity index is 853. The van der Waals surface area contributed by atoms with E-state index in [2.05, 4.69) is 20.8 Å². The highest BCUT2D eigenvalue weighted by atomic mass is 32.2. The summed E-state index contributed by atoms with van der Waals surface area (Å²) in [5.74, 6) is 1.53. The molecule has 0 aliphatic carbocycles.